The molecule has 4 heterocycles. The van der Waals surface area contributed by atoms with Crippen molar-refractivity contribution in [1.29, 1.82) is 0 Å². The number of hydrogen-bond donors (Lipinski definition) is 2. The molecular formula is C18H24LiN3O2. The van der Waals surface area contributed by atoms with Crippen molar-refractivity contribution < 1.29 is 9.90 Å². The van der Waals surface area contributed by atoms with E-state index in [9.17, 15) is 9.90 Å². The summed E-state index contributed by atoms with van der Waals surface area (Å²) in [5.41, 5.74) is 1.21. The summed E-state index contributed by atoms with van der Waals surface area (Å²) < 4.78 is 2.06. The zero-order valence-corrected chi connectivity index (χ0v) is 13.2. The average Bonchev–Trinajstić information content (AvgIpc) is 2.99. The minimum atomic E-state index is -0.860. The molecule has 1 atom stereocenters. The number of carboxylic acid groups (broad SMARTS) is 1. The molecule has 0 saturated carbocycles. The van der Waals surface area contributed by atoms with E-state index in [1.165, 1.54) is 25.9 Å². The van der Waals surface area contributed by atoms with E-state index < -0.39 is 5.97 Å². The molecule has 0 spiro atoms. The van der Waals surface area contributed by atoms with Crippen LogP contribution in [-0.2, 0) is 6.54 Å². The Bertz CT molecular complexity index is 722. The molecule has 6 heteroatoms. The van der Waals surface area contributed by atoms with Crippen LogP contribution < -0.4 is 5.32 Å². The van der Waals surface area contributed by atoms with Gasteiger partial charge in [0.25, 0.3) is 0 Å². The van der Waals surface area contributed by atoms with E-state index in [0.717, 1.165) is 36.5 Å². The summed E-state index contributed by atoms with van der Waals surface area (Å²) >= 11 is 0. The third-order valence-electron chi connectivity index (χ3n) is 5.43. The van der Waals surface area contributed by atoms with E-state index in [2.05, 4.69) is 14.8 Å². The molecule has 5 rings (SSSR count). The van der Waals surface area contributed by atoms with Crippen LogP contribution in [0.25, 0.3) is 10.9 Å². The number of carboxylic acids is 1. The first-order valence-electron chi connectivity index (χ1n) is 8.49. The van der Waals surface area contributed by atoms with Gasteiger partial charge in [-0.25, -0.2) is 4.79 Å². The molecule has 5 nitrogen and oxygen atoms in total. The molecule has 2 bridgehead atoms. The third-order valence-corrected chi connectivity index (χ3v) is 5.43. The van der Waals surface area contributed by atoms with Gasteiger partial charge in [-0.3, -0.25) is 0 Å². The number of benzene rings is 1. The Morgan fingerprint density at radius 3 is 2.71 bits per heavy atom. The van der Waals surface area contributed by atoms with Crippen molar-refractivity contribution in [2.45, 2.75) is 25.4 Å². The molecule has 2 N–H and O–H groups in total. The fourth-order valence-electron chi connectivity index (χ4n) is 4.19. The molecule has 0 aliphatic carbocycles. The number of aromatic carboxylic acids is 1. The number of hydrogen-bond acceptors (Lipinski definition) is 3. The first-order valence-corrected chi connectivity index (χ1v) is 8.49. The molecule has 0 radical (unpaired) electrons. The number of nitrogens with zero attached hydrogens (tertiary/aromatic N) is 2. The van der Waals surface area contributed by atoms with Gasteiger partial charge in [0.15, 0.2) is 0 Å². The number of nitrogens with one attached hydrogen (secondary N) is 1. The topological polar surface area (TPSA) is 57.5 Å². The summed E-state index contributed by atoms with van der Waals surface area (Å²) in [5, 5.41) is 14.1. The van der Waals surface area contributed by atoms with Crippen molar-refractivity contribution >= 4 is 35.7 Å². The van der Waals surface area contributed by atoms with Gasteiger partial charge in [0.2, 0.25) is 0 Å². The van der Waals surface area contributed by atoms with Gasteiger partial charge < -0.3 is 19.9 Å². The first-order chi connectivity index (χ1) is 11.2. The summed E-state index contributed by atoms with van der Waals surface area (Å²) in [5.74, 6) is -0.0445. The minimum absolute atomic E-state index is 0. The zero-order chi connectivity index (χ0) is 15.8. The van der Waals surface area contributed by atoms with Crippen LogP contribution in [0.1, 0.15) is 23.2 Å². The number of fused-ring (bicyclic) bond motifs is 4. The summed E-state index contributed by atoms with van der Waals surface area (Å²) in [6, 6.07) is 8.05. The molecule has 124 valence electrons. The van der Waals surface area contributed by atoms with Crippen LogP contribution >= 0.6 is 0 Å². The van der Waals surface area contributed by atoms with E-state index in [1.807, 2.05) is 24.4 Å². The van der Waals surface area contributed by atoms with Gasteiger partial charge in [-0.2, -0.15) is 0 Å². The molecule has 3 fully saturated rings. The van der Waals surface area contributed by atoms with Crippen LogP contribution in [-0.4, -0.2) is 71.6 Å². The van der Waals surface area contributed by atoms with Gasteiger partial charge in [-0.05, 0) is 44.0 Å². The number of aromatic nitrogens is 1. The standard InChI is InChI=1S/C18H23N3O2.Li.H/c22-18(23)15-3-1-2-14-6-10-21(17(14)15)11-7-19-16-12-20-8-4-13(16)5-9-20;;/h1-3,6,10,13,16,19H,4-5,7-9,11-12H2,(H,22,23);;. The van der Waals surface area contributed by atoms with Crippen LogP contribution in [0, 0.1) is 5.92 Å². The average molecular weight is 321 g/mol. The van der Waals surface area contributed by atoms with Crippen LogP contribution in [0.15, 0.2) is 30.5 Å². The number of para-hydroxylation sites is 1. The second-order valence-electron chi connectivity index (χ2n) is 6.76. The number of piperidine rings is 3. The normalized spacial score (nSPS) is 25.6. The predicted molar refractivity (Wildman–Crippen MR) is 97.0 cm³/mol. The monoisotopic (exact) mass is 321 g/mol. The van der Waals surface area contributed by atoms with Crippen molar-refractivity contribution in [3.05, 3.63) is 36.0 Å². The van der Waals surface area contributed by atoms with Crippen LogP contribution in [0.3, 0.4) is 0 Å². The molecule has 3 aliphatic heterocycles. The molecule has 0 amide bonds. The van der Waals surface area contributed by atoms with Crippen LogP contribution in [0.2, 0.25) is 0 Å². The Morgan fingerprint density at radius 1 is 1.25 bits per heavy atom. The van der Waals surface area contributed by atoms with Crippen molar-refractivity contribution in [3.8, 4) is 0 Å². The van der Waals surface area contributed by atoms with Gasteiger partial charge in [-0.1, -0.05) is 12.1 Å². The fraction of sp³-hybridized carbons (Fsp3) is 0.500. The van der Waals surface area contributed by atoms with Crippen LogP contribution in [0.5, 0.6) is 0 Å². The summed E-state index contributed by atoms with van der Waals surface area (Å²) in [6.07, 6.45) is 4.62. The van der Waals surface area contributed by atoms with Gasteiger partial charge in [0.1, 0.15) is 0 Å². The molecule has 1 unspecified atom stereocenters. The Kier molecular flexibility index (Phi) is 5.36. The van der Waals surface area contributed by atoms with Gasteiger partial charge in [0, 0.05) is 37.3 Å². The fourth-order valence-corrected chi connectivity index (χ4v) is 4.19. The molecule has 3 saturated heterocycles. The van der Waals surface area contributed by atoms with Gasteiger partial charge in [-0.15, -0.1) is 0 Å². The maximum atomic E-state index is 11.4. The van der Waals surface area contributed by atoms with Crippen molar-refractivity contribution in [2.75, 3.05) is 26.2 Å². The van der Waals surface area contributed by atoms with E-state index in [1.54, 1.807) is 6.07 Å². The first kappa shape index (κ1) is 17.6. The summed E-state index contributed by atoms with van der Waals surface area (Å²) in [7, 11) is 0. The molecule has 1 aromatic carbocycles. The van der Waals surface area contributed by atoms with Crippen molar-refractivity contribution in [1.82, 2.24) is 14.8 Å². The Morgan fingerprint density at radius 2 is 2.04 bits per heavy atom. The van der Waals surface area contributed by atoms with Gasteiger partial charge in [0.05, 0.1) is 11.1 Å². The van der Waals surface area contributed by atoms with Crippen molar-refractivity contribution in [2.24, 2.45) is 5.92 Å². The van der Waals surface area contributed by atoms with Gasteiger partial charge >= 0.3 is 24.8 Å². The van der Waals surface area contributed by atoms with E-state index >= 15 is 0 Å². The van der Waals surface area contributed by atoms with E-state index in [0.29, 0.717) is 11.6 Å². The Hall–Kier alpha value is -1.25. The van der Waals surface area contributed by atoms with Crippen LogP contribution in [0.4, 0.5) is 0 Å². The van der Waals surface area contributed by atoms with E-state index in [-0.39, 0.29) is 18.9 Å². The predicted octanol–water partition coefficient (Wildman–Crippen LogP) is 1.37. The molecule has 24 heavy (non-hydrogen) atoms. The molecule has 3 aliphatic rings. The summed E-state index contributed by atoms with van der Waals surface area (Å²) in [6.45, 7) is 5.36. The van der Waals surface area contributed by atoms with E-state index in [4.69, 9.17) is 0 Å². The SMILES string of the molecule is O=C(O)c1cccc2ccn(CCNC3CN4CCC3CC4)c12.[LiH]. The maximum absolute atomic E-state index is 11.4. The second-order valence-corrected chi connectivity index (χ2v) is 6.76. The Balaban J connectivity index is 0.00000169. The molecule has 1 aromatic heterocycles. The Labute approximate surface area is 154 Å². The van der Waals surface area contributed by atoms with Crippen molar-refractivity contribution in [3.63, 3.8) is 0 Å². The molecule has 2 aromatic rings. The second kappa shape index (κ2) is 7.33. The third kappa shape index (κ3) is 3.27. The summed E-state index contributed by atoms with van der Waals surface area (Å²) in [4.78, 5) is 14.0. The zero-order valence-electron chi connectivity index (χ0n) is 13.2. The molecular weight excluding hydrogens is 297 g/mol. The quantitative estimate of drug-likeness (QED) is 0.817. The number of carbonyl (C=O) groups is 1. The number of rotatable bonds is 5.